The predicted molar refractivity (Wildman–Crippen MR) is 22.4 cm³/mol. The van der Waals surface area contributed by atoms with Crippen molar-refractivity contribution in [2.24, 2.45) is 0 Å². The first-order chi connectivity index (χ1) is 2.27. The molecule has 0 aliphatic rings. The number of hydrogen-bond donors (Lipinski definition) is 0. The summed E-state index contributed by atoms with van der Waals surface area (Å²) in [5, 5.41) is 0. The Bertz CT molecular complexity index is 57.9. The van der Waals surface area contributed by atoms with Gasteiger partial charge in [0.1, 0.15) is 0 Å². The average Bonchev–Trinajstić information content (AvgIpc) is 1.38. The van der Waals surface area contributed by atoms with Crippen molar-refractivity contribution in [1.82, 2.24) is 0 Å². The summed E-state index contributed by atoms with van der Waals surface area (Å²) in [6, 6.07) is 0. The minimum atomic E-state index is 0.149. The van der Waals surface area contributed by atoms with E-state index in [0.29, 0.717) is 22.5 Å². The van der Waals surface area contributed by atoms with Crippen molar-refractivity contribution in [3.8, 4) is 0 Å². The Balaban J connectivity index is 3.20. The maximum atomic E-state index is 9.75. The van der Waals surface area contributed by atoms with Crippen LogP contribution >= 0.6 is 0 Å². The summed E-state index contributed by atoms with van der Waals surface area (Å²) in [7, 11) is 0. The van der Waals surface area contributed by atoms with Gasteiger partial charge in [0.05, 0.1) is 0 Å². The third kappa shape index (κ3) is 4.21. The molecule has 0 bridgehead atoms. The Labute approximate surface area is 44.1 Å². The number of carbonyl (C=O) groups is 1. The molecular weight excluding hydrogens is 171 g/mol. The van der Waals surface area contributed by atoms with E-state index >= 15 is 0 Å². The van der Waals surface area contributed by atoms with Crippen molar-refractivity contribution in [3.63, 3.8) is 0 Å². The molecule has 0 aliphatic carbocycles. The van der Waals surface area contributed by atoms with Crippen LogP contribution in [-0.4, -0.2) is 26.3 Å². The van der Waals surface area contributed by atoms with Crippen LogP contribution in [0.25, 0.3) is 0 Å². The van der Waals surface area contributed by atoms with E-state index in [2.05, 4.69) is 6.58 Å². The van der Waals surface area contributed by atoms with Crippen molar-refractivity contribution in [3.05, 3.63) is 12.7 Å². The van der Waals surface area contributed by atoms with E-state index < -0.39 is 0 Å². The summed E-state index contributed by atoms with van der Waals surface area (Å²) in [6.07, 6.45) is 1.34. The van der Waals surface area contributed by atoms with Crippen molar-refractivity contribution in [2.45, 2.75) is 0 Å². The quantitative estimate of drug-likeness (QED) is 0.391. The van der Waals surface area contributed by atoms with Gasteiger partial charge in [-0.05, 0) is 0 Å². The molecule has 0 saturated heterocycles. The fraction of sp³-hybridized carbons (Fsp3) is 0. The number of hydrogen-bond acceptors (Lipinski definition) is 1. The zero-order valence-electron chi connectivity index (χ0n) is 2.77. The van der Waals surface area contributed by atoms with Gasteiger partial charge in [-0.15, -0.1) is 0 Å². The van der Waals surface area contributed by atoms with Crippen molar-refractivity contribution in [1.29, 1.82) is 0 Å². The second kappa shape index (κ2) is 2.45. The van der Waals surface area contributed by atoms with Gasteiger partial charge in [0.25, 0.3) is 0 Å². The van der Waals surface area contributed by atoms with E-state index in [1.165, 1.54) is 6.08 Å². The van der Waals surface area contributed by atoms with Gasteiger partial charge in [-0.3, -0.25) is 0 Å². The second-order valence-electron chi connectivity index (χ2n) is 0.606. The summed E-state index contributed by atoms with van der Waals surface area (Å²) in [4.78, 5) is 9.75. The van der Waals surface area contributed by atoms with E-state index in [1.54, 1.807) is 0 Å². The van der Waals surface area contributed by atoms with Gasteiger partial charge in [0, 0.05) is 0 Å². The standard InChI is InChI=1S/C3H3O.Sn.H/c1-2-3-4;;/h2H,1H2;;. The van der Waals surface area contributed by atoms with E-state index in [0.717, 1.165) is 0 Å². The number of carbonyl (C=O) groups excluding carboxylic acids is 1. The van der Waals surface area contributed by atoms with Gasteiger partial charge in [-0.1, -0.05) is 0 Å². The SMILES string of the molecule is C=C[C](=O)[SnH]. The first-order valence-electron chi connectivity index (χ1n) is 1.19. The molecule has 0 amide bonds. The van der Waals surface area contributed by atoms with Crippen LogP contribution in [0.4, 0.5) is 0 Å². The first kappa shape index (κ1) is 5.21. The van der Waals surface area contributed by atoms with Crippen molar-refractivity contribution < 1.29 is 4.79 Å². The Morgan fingerprint density at radius 2 is 2.20 bits per heavy atom. The molecule has 0 unspecified atom stereocenters. The molecule has 2 heteroatoms. The normalized spacial score (nSPS) is 6.60. The van der Waals surface area contributed by atoms with Crippen LogP contribution in [0.5, 0.6) is 0 Å². The fourth-order valence-electron chi connectivity index (χ4n) is 0. The Morgan fingerprint density at radius 3 is 2.20 bits per heavy atom. The number of allylic oxidation sites excluding steroid dienone is 1. The molecular formula is C3H4OSn. The number of rotatable bonds is 1. The van der Waals surface area contributed by atoms with Crippen LogP contribution < -0.4 is 0 Å². The molecule has 0 aromatic rings. The topological polar surface area (TPSA) is 17.1 Å². The average molecular weight is 175 g/mol. The molecule has 0 fully saturated rings. The molecule has 0 saturated carbocycles. The Kier molecular flexibility index (Phi) is 2.55. The van der Waals surface area contributed by atoms with Crippen LogP contribution in [0.2, 0.25) is 0 Å². The van der Waals surface area contributed by atoms with Crippen LogP contribution in [0.15, 0.2) is 12.7 Å². The Hall–Kier alpha value is 0.209. The first-order valence-corrected chi connectivity index (χ1v) is 2.84. The van der Waals surface area contributed by atoms with Gasteiger partial charge >= 0.3 is 43.8 Å². The van der Waals surface area contributed by atoms with Crippen LogP contribution in [-0.2, 0) is 4.79 Å². The molecule has 0 spiro atoms. The summed E-state index contributed by atoms with van der Waals surface area (Å²) in [6.45, 7) is 3.24. The zero-order valence-corrected chi connectivity index (χ0v) is 6.07. The van der Waals surface area contributed by atoms with Gasteiger partial charge in [-0.2, -0.15) is 0 Å². The van der Waals surface area contributed by atoms with Gasteiger partial charge in [0.2, 0.25) is 0 Å². The van der Waals surface area contributed by atoms with E-state index in [1.807, 2.05) is 0 Å². The van der Waals surface area contributed by atoms with Gasteiger partial charge in [-0.25, -0.2) is 0 Å². The summed E-state index contributed by atoms with van der Waals surface area (Å²) in [5.74, 6) is 0. The maximum absolute atomic E-state index is 9.75. The molecule has 0 rings (SSSR count). The molecule has 0 atom stereocenters. The third-order valence-electron chi connectivity index (χ3n) is 0.201. The molecule has 0 aliphatic heterocycles. The fourth-order valence-corrected chi connectivity index (χ4v) is 0. The molecule has 0 heterocycles. The van der Waals surface area contributed by atoms with E-state index in [9.17, 15) is 4.79 Å². The van der Waals surface area contributed by atoms with Crippen LogP contribution in [0.1, 0.15) is 0 Å². The summed E-state index contributed by atoms with van der Waals surface area (Å²) in [5.41, 5.74) is 0. The predicted octanol–water partition coefficient (Wildman–Crippen LogP) is -0.400. The van der Waals surface area contributed by atoms with E-state index in [4.69, 9.17) is 0 Å². The molecule has 26 valence electrons. The van der Waals surface area contributed by atoms with Gasteiger partial charge in [0.15, 0.2) is 0 Å². The van der Waals surface area contributed by atoms with E-state index in [-0.39, 0.29) is 3.80 Å². The monoisotopic (exact) mass is 176 g/mol. The third-order valence-corrected chi connectivity index (χ3v) is 0.874. The van der Waals surface area contributed by atoms with Gasteiger partial charge < -0.3 is 0 Å². The summed E-state index contributed by atoms with van der Waals surface area (Å²) < 4.78 is 0.149. The molecule has 0 N–H and O–H groups in total. The zero-order chi connectivity index (χ0) is 4.28. The molecule has 1 nitrogen and oxygen atoms in total. The Morgan fingerprint density at radius 1 is 2.00 bits per heavy atom. The molecule has 0 aromatic carbocycles. The minimum absolute atomic E-state index is 0.149. The molecule has 2 radical (unpaired) electrons. The van der Waals surface area contributed by atoms with Crippen molar-refractivity contribution in [2.75, 3.05) is 0 Å². The second-order valence-corrected chi connectivity index (χ2v) is 2.23. The molecule has 0 aromatic heterocycles. The van der Waals surface area contributed by atoms with Crippen LogP contribution in [0, 0.1) is 0 Å². The molecule has 5 heavy (non-hydrogen) atoms. The van der Waals surface area contributed by atoms with Crippen molar-refractivity contribution >= 4 is 26.3 Å². The van der Waals surface area contributed by atoms with Crippen LogP contribution in [0.3, 0.4) is 0 Å². The summed E-state index contributed by atoms with van der Waals surface area (Å²) >= 11 is 0.667.